The molecule has 1 amide bonds. The van der Waals surface area contributed by atoms with E-state index in [-0.39, 0.29) is 11.9 Å². The first-order chi connectivity index (χ1) is 14.6. The van der Waals surface area contributed by atoms with Gasteiger partial charge in [-0.15, -0.1) is 0 Å². The van der Waals surface area contributed by atoms with Crippen LogP contribution >= 0.6 is 0 Å². The van der Waals surface area contributed by atoms with Gasteiger partial charge < -0.3 is 10.1 Å². The standard InChI is InChI=1S/C25H28N2O3/c1-16-15-18(25(29)30-2)10-11-19(16)23(17-7-4-3-5-8-17)20-12-13-22(28)27-24-21(20)9-6-14-26-24/h6,9-11,14-15,17H,3-5,7-8,12-13H2,1-2H3,(H,26,27,28)/b23-20+. The highest BCUT2D eigenvalue weighted by Crippen LogP contribution is 2.44. The molecular weight excluding hydrogens is 376 g/mol. The van der Waals surface area contributed by atoms with Gasteiger partial charge in [0.2, 0.25) is 5.91 Å². The summed E-state index contributed by atoms with van der Waals surface area (Å²) in [5.41, 5.74) is 6.31. The van der Waals surface area contributed by atoms with Gasteiger partial charge in [-0.1, -0.05) is 25.3 Å². The zero-order valence-electron chi connectivity index (χ0n) is 17.7. The Morgan fingerprint density at radius 3 is 2.67 bits per heavy atom. The summed E-state index contributed by atoms with van der Waals surface area (Å²) in [6.07, 6.45) is 8.86. The smallest absolute Gasteiger partial charge is 0.337 e. The number of amides is 1. The molecular formula is C25H28N2O3. The number of carbonyl (C=O) groups is 2. The summed E-state index contributed by atoms with van der Waals surface area (Å²) in [4.78, 5) is 28.8. The van der Waals surface area contributed by atoms with Crippen LogP contribution in [0.2, 0.25) is 0 Å². The fraction of sp³-hybridized carbons (Fsp3) is 0.400. The summed E-state index contributed by atoms with van der Waals surface area (Å²) >= 11 is 0. The average molecular weight is 405 g/mol. The van der Waals surface area contributed by atoms with Crippen molar-refractivity contribution in [2.75, 3.05) is 12.4 Å². The molecule has 2 aliphatic rings. The molecule has 0 radical (unpaired) electrons. The zero-order valence-corrected chi connectivity index (χ0v) is 17.7. The molecule has 0 atom stereocenters. The SMILES string of the molecule is COC(=O)c1ccc(/C(=C2\CCC(=O)Nc3ncccc32)C2CCCCC2)c(C)c1. The van der Waals surface area contributed by atoms with E-state index in [9.17, 15) is 9.59 Å². The molecule has 1 aromatic heterocycles. The van der Waals surface area contributed by atoms with E-state index in [0.29, 0.717) is 30.1 Å². The zero-order chi connectivity index (χ0) is 21.1. The number of methoxy groups -OCH3 is 1. The van der Waals surface area contributed by atoms with E-state index in [4.69, 9.17) is 4.74 Å². The number of hydrogen-bond donors (Lipinski definition) is 1. The first-order valence-electron chi connectivity index (χ1n) is 10.8. The molecule has 2 heterocycles. The van der Waals surface area contributed by atoms with Crippen LogP contribution in [-0.2, 0) is 9.53 Å². The van der Waals surface area contributed by atoms with Crippen molar-refractivity contribution in [3.63, 3.8) is 0 Å². The first-order valence-corrected chi connectivity index (χ1v) is 10.8. The molecule has 0 spiro atoms. The van der Waals surface area contributed by atoms with Gasteiger partial charge in [0.25, 0.3) is 0 Å². The molecule has 2 aromatic rings. The van der Waals surface area contributed by atoms with Crippen LogP contribution in [0, 0.1) is 12.8 Å². The van der Waals surface area contributed by atoms with E-state index in [1.54, 1.807) is 6.20 Å². The van der Waals surface area contributed by atoms with E-state index < -0.39 is 0 Å². The van der Waals surface area contributed by atoms with Gasteiger partial charge >= 0.3 is 5.97 Å². The van der Waals surface area contributed by atoms with Crippen molar-refractivity contribution in [2.45, 2.75) is 51.9 Å². The molecule has 1 fully saturated rings. The number of hydrogen-bond acceptors (Lipinski definition) is 4. The van der Waals surface area contributed by atoms with Crippen LogP contribution in [0.1, 0.15) is 72.0 Å². The van der Waals surface area contributed by atoms with Gasteiger partial charge in [-0.05, 0) is 78.6 Å². The highest BCUT2D eigenvalue weighted by Gasteiger charge is 2.28. The predicted octanol–water partition coefficient (Wildman–Crippen LogP) is 5.40. The Hall–Kier alpha value is -2.95. The quantitative estimate of drug-likeness (QED) is 0.696. The van der Waals surface area contributed by atoms with E-state index in [0.717, 1.165) is 29.5 Å². The fourth-order valence-electron chi connectivity index (χ4n) is 4.83. The van der Waals surface area contributed by atoms with E-state index in [2.05, 4.69) is 29.4 Å². The monoisotopic (exact) mass is 404 g/mol. The number of nitrogens with one attached hydrogen (secondary N) is 1. The van der Waals surface area contributed by atoms with Gasteiger partial charge in [-0.3, -0.25) is 4.79 Å². The van der Waals surface area contributed by atoms with Crippen molar-refractivity contribution in [1.29, 1.82) is 0 Å². The van der Waals surface area contributed by atoms with E-state index in [1.165, 1.54) is 37.5 Å². The lowest BCUT2D eigenvalue weighted by Crippen LogP contribution is -2.12. The summed E-state index contributed by atoms with van der Waals surface area (Å²) in [6, 6.07) is 9.80. The molecule has 0 saturated heterocycles. The minimum atomic E-state index is -0.324. The summed E-state index contributed by atoms with van der Waals surface area (Å²) < 4.78 is 4.89. The summed E-state index contributed by atoms with van der Waals surface area (Å²) in [5, 5.41) is 2.96. The molecule has 1 aliphatic carbocycles. The molecule has 156 valence electrons. The summed E-state index contributed by atoms with van der Waals surface area (Å²) in [7, 11) is 1.40. The maximum Gasteiger partial charge on any atom is 0.337 e. The highest BCUT2D eigenvalue weighted by atomic mass is 16.5. The number of allylic oxidation sites excluding steroid dienone is 2. The van der Waals surface area contributed by atoms with Gasteiger partial charge in [-0.2, -0.15) is 0 Å². The second kappa shape index (κ2) is 8.82. The molecule has 30 heavy (non-hydrogen) atoms. The van der Waals surface area contributed by atoms with Crippen LogP contribution in [-0.4, -0.2) is 24.0 Å². The van der Waals surface area contributed by atoms with Gasteiger partial charge in [0.15, 0.2) is 0 Å². The topological polar surface area (TPSA) is 68.3 Å². The molecule has 1 saturated carbocycles. The van der Waals surface area contributed by atoms with E-state index >= 15 is 0 Å². The Balaban J connectivity index is 1.91. The normalized spacial score (nSPS) is 18.8. The number of aromatic nitrogens is 1. The van der Waals surface area contributed by atoms with Crippen molar-refractivity contribution in [1.82, 2.24) is 4.98 Å². The number of benzene rings is 1. The number of nitrogens with zero attached hydrogens (tertiary/aromatic N) is 1. The molecule has 1 aliphatic heterocycles. The third kappa shape index (κ3) is 4.02. The molecule has 5 nitrogen and oxygen atoms in total. The van der Waals surface area contributed by atoms with Gasteiger partial charge in [0.1, 0.15) is 5.82 Å². The third-order valence-electron chi connectivity index (χ3n) is 6.27. The van der Waals surface area contributed by atoms with Gasteiger partial charge in [0.05, 0.1) is 12.7 Å². The van der Waals surface area contributed by atoms with Crippen LogP contribution in [0.15, 0.2) is 36.5 Å². The first kappa shape index (κ1) is 20.3. The lowest BCUT2D eigenvalue weighted by Gasteiger charge is -2.29. The molecule has 4 rings (SSSR count). The summed E-state index contributed by atoms with van der Waals surface area (Å²) in [5.74, 6) is 0.769. The number of esters is 1. The second-order valence-corrected chi connectivity index (χ2v) is 8.20. The molecule has 1 aromatic carbocycles. The lowest BCUT2D eigenvalue weighted by molar-refractivity contribution is -0.116. The van der Waals surface area contributed by atoms with Crippen LogP contribution in [0.25, 0.3) is 11.1 Å². The lowest BCUT2D eigenvalue weighted by atomic mass is 9.76. The Bertz CT molecular complexity index is 1000. The molecule has 0 unspecified atom stereocenters. The Kier molecular flexibility index (Phi) is 5.98. The molecule has 1 N–H and O–H groups in total. The van der Waals surface area contributed by atoms with Crippen molar-refractivity contribution >= 4 is 28.8 Å². The number of carbonyl (C=O) groups excluding carboxylic acids is 2. The van der Waals surface area contributed by atoms with Gasteiger partial charge in [0, 0.05) is 18.2 Å². The van der Waals surface area contributed by atoms with Crippen molar-refractivity contribution in [3.8, 4) is 0 Å². The minimum Gasteiger partial charge on any atom is -0.465 e. The van der Waals surface area contributed by atoms with Crippen molar-refractivity contribution < 1.29 is 14.3 Å². The maximum atomic E-state index is 12.3. The number of aryl methyl sites for hydroxylation is 1. The second-order valence-electron chi connectivity index (χ2n) is 8.20. The number of ether oxygens (including phenoxy) is 1. The summed E-state index contributed by atoms with van der Waals surface area (Å²) in [6.45, 7) is 2.05. The Morgan fingerprint density at radius 2 is 1.93 bits per heavy atom. The van der Waals surface area contributed by atoms with E-state index in [1.807, 2.05) is 18.2 Å². The number of rotatable bonds is 3. The largest absolute Gasteiger partial charge is 0.465 e. The Labute approximate surface area is 177 Å². The number of fused-ring (bicyclic) bond motifs is 1. The van der Waals surface area contributed by atoms with Crippen LogP contribution in [0.4, 0.5) is 5.82 Å². The highest BCUT2D eigenvalue weighted by molar-refractivity contribution is 6.02. The van der Waals surface area contributed by atoms with Crippen LogP contribution < -0.4 is 5.32 Å². The average Bonchev–Trinajstić information content (AvgIpc) is 2.94. The van der Waals surface area contributed by atoms with Crippen LogP contribution in [0.5, 0.6) is 0 Å². The number of anilines is 1. The van der Waals surface area contributed by atoms with Gasteiger partial charge in [-0.25, -0.2) is 9.78 Å². The molecule has 5 heteroatoms. The maximum absolute atomic E-state index is 12.3. The third-order valence-corrected chi connectivity index (χ3v) is 6.27. The van der Waals surface area contributed by atoms with Crippen LogP contribution in [0.3, 0.4) is 0 Å². The Morgan fingerprint density at radius 1 is 1.13 bits per heavy atom. The fourth-order valence-corrected chi connectivity index (χ4v) is 4.83. The minimum absolute atomic E-state index is 0.00528. The van der Waals surface area contributed by atoms with Crippen molar-refractivity contribution in [3.05, 3.63) is 58.8 Å². The van der Waals surface area contributed by atoms with Crippen molar-refractivity contribution in [2.24, 2.45) is 5.92 Å². The molecule has 0 bridgehead atoms. The number of pyridine rings is 1. The predicted molar refractivity (Wildman–Crippen MR) is 118 cm³/mol.